The van der Waals surface area contributed by atoms with Gasteiger partial charge in [0.1, 0.15) is 11.6 Å². The zero-order chi connectivity index (χ0) is 22.8. The first-order valence-electron chi connectivity index (χ1n) is 10.4. The third-order valence-corrected chi connectivity index (χ3v) is 6.47. The Morgan fingerprint density at radius 3 is 2.67 bits per heavy atom. The molecule has 0 saturated carbocycles. The summed E-state index contributed by atoms with van der Waals surface area (Å²) in [7, 11) is 0. The van der Waals surface area contributed by atoms with Crippen molar-refractivity contribution in [2.75, 3.05) is 17.6 Å². The first kappa shape index (κ1) is 21.4. The van der Waals surface area contributed by atoms with Crippen LogP contribution in [0.15, 0.2) is 66.0 Å². The molecule has 5 aromatic rings. The first-order valence-corrected chi connectivity index (χ1v) is 11.6. The minimum atomic E-state index is -0.493. The largest absolute Gasteiger partial charge is 0.383 e. The van der Waals surface area contributed by atoms with Crippen molar-refractivity contribution < 1.29 is 4.39 Å². The molecule has 0 unspecified atom stereocenters. The molecule has 3 aromatic heterocycles. The zero-order valence-corrected chi connectivity index (χ0v) is 19.1. The molecule has 0 spiro atoms. The molecule has 33 heavy (non-hydrogen) atoms. The van der Waals surface area contributed by atoms with Crippen molar-refractivity contribution in [3.8, 4) is 11.3 Å². The van der Waals surface area contributed by atoms with Crippen molar-refractivity contribution in [1.29, 1.82) is 0 Å². The second-order valence-corrected chi connectivity index (χ2v) is 8.95. The fourth-order valence-corrected chi connectivity index (χ4v) is 4.50. The number of thiophene rings is 1. The molecule has 0 aliphatic rings. The second-order valence-electron chi connectivity index (χ2n) is 7.51. The Kier molecular flexibility index (Phi) is 5.93. The van der Waals surface area contributed by atoms with Crippen LogP contribution in [0, 0.1) is 5.82 Å². The van der Waals surface area contributed by atoms with Gasteiger partial charge in [0.05, 0.1) is 22.6 Å². The summed E-state index contributed by atoms with van der Waals surface area (Å²) in [6, 6.07) is 18.5. The fourth-order valence-electron chi connectivity index (χ4n) is 3.61. The number of nitrogen functional groups attached to an aromatic ring is 1. The lowest BCUT2D eigenvalue weighted by atomic mass is 10.1. The van der Waals surface area contributed by atoms with Gasteiger partial charge in [-0.2, -0.15) is 4.98 Å². The lowest BCUT2D eigenvalue weighted by Gasteiger charge is -2.09. The summed E-state index contributed by atoms with van der Waals surface area (Å²) in [5.74, 6) is 0.376. The molecule has 0 aliphatic carbocycles. The Labute approximate surface area is 198 Å². The minimum Gasteiger partial charge on any atom is -0.383 e. The molecule has 3 heterocycles. The Bertz CT molecular complexity index is 1400. The van der Waals surface area contributed by atoms with Crippen LogP contribution in [0.1, 0.15) is 10.4 Å². The van der Waals surface area contributed by atoms with E-state index in [2.05, 4.69) is 26.8 Å². The van der Waals surface area contributed by atoms with Gasteiger partial charge in [-0.1, -0.05) is 48.0 Å². The van der Waals surface area contributed by atoms with Crippen LogP contribution in [-0.4, -0.2) is 26.3 Å². The van der Waals surface area contributed by atoms with Gasteiger partial charge in [-0.05, 0) is 41.6 Å². The Balaban J connectivity index is 1.56. The summed E-state index contributed by atoms with van der Waals surface area (Å²) in [6.45, 7) is 1.16. The van der Waals surface area contributed by atoms with Gasteiger partial charge in [-0.25, -0.2) is 14.1 Å². The third-order valence-electron chi connectivity index (χ3n) is 5.24. The van der Waals surface area contributed by atoms with Gasteiger partial charge in [0.25, 0.3) is 0 Å². The number of nitrogens with two attached hydrogens (primary N) is 1. The highest BCUT2D eigenvalue weighted by Gasteiger charge is 2.19. The lowest BCUT2D eigenvalue weighted by molar-refractivity contribution is 0.628. The highest BCUT2D eigenvalue weighted by Crippen LogP contribution is 2.33. The molecule has 0 fully saturated rings. The molecule has 0 atom stereocenters. The van der Waals surface area contributed by atoms with E-state index < -0.39 is 5.82 Å². The molecule has 0 aliphatic heterocycles. The van der Waals surface area contributed by atoms with Crippen LogP contribution in [0.3, 0.4) is 0 Å². The molecule has 0 amide bonds. The molecule has 3 N–H and O–H groups in total. The van der Waals surface area contributed by atoms with Crippen molar-refractivity contribution in [2.24, 2.45) is 0 Å². The maximum absolute atomic E-state index is 13.8. The van der Waals surface area contributed by atoms with E-state index in [1.165, 1.54) is 10.9 Å². The van der Waals surface area contributed by atoms with Crippen LogP contribution in [-0.2, 0) is 13.0 Å². The molecule has 0 radical (unpaired) electrons. The van der Waals surface area contributed by atoms with E-state index in [0.29, 0.717) is 47.1 Å². The quantitative estimate of drug-likeness (QED) is 0.316. The van der Waals surface area contributed by atoms with Crippen LogP contribution >= 0.6 is 22.9 Å². The van der Waals surface area contributed by atoms with Gasteiger partial charge >= 0.3 is 0 Å². The molecule has 6 nitrogen and oxygen atoms in total. The summed E-state index contributed by atoms with van der Waals surface area (Å²) >= 11 is 7.77. The van der Waals surface area contributed by atoms with Gasteiger partial charge < -0.3 is 11.1 Å². The number of anilines is 2. The van der Waals surface area contributed by atoms with E-state index in [4.69, 9.17) is 22.3 Å². The fraction of sp³-hybridized carbons (Fsp3) is 0.125. The maximum atomic E-state index is 13.8. The summed E-state index contributed by atoms with van der Waals surface area (Å²) in [5, 5.41) is 10.6. The van der Waals surface area contributed by atoms with E-state index in [-0.39, 0.29) is 5.02 Å². The summed E-state index contributed by atoms with van der Waals surface area (Å²) in [5.41, 5.74) is 9.22. The van der Waals surface area contributed by atoms with Crippen molar-refractivity contribution in [2.45, 2.75) is 13.0 Å². The van der Waals surface area contributed by atoms with E-state index in [9.17, 15) is 4.39 Å². The molecule has 0 bridgehead atoms. The zero-order valence-electron chi connectivity index (χ0n) is 17.5. The highest BCUT2D eigenvalue weighted by atomic mass is 35.5. The number of hydrogen-bond acceptors (Lipinski definition) is 6. The van der Waals surface area contributed by atoms with Crippen molar-refractivity contribution in [1.82, 2.24) is 19.7 Å². The van der Waals surface area contributed by atoms with Gasteiger partial charge in [0.2, 0.25) is 5.95 Å². The molecule has 9 heteroatoms. The SMILES string of the molecule is Nc1c2c(-c3ccc(F)c(Cl)c3)nc(NCCc3cccs3)nc2nn1Cc1ccccc1. The average molecular weight is 479 g/mol. The van der Waals surface area contributed by atoms with Gasteiger partial charge in [-0.3, -0.25) is 0 Å². The lowest BCUT2D eigenvalue weighted by Crippen LogP contribution is -2.08. The number of rotatable bonds is 7. The predicted molar refractivity (Wildman–Crippen MR) is 132 cm³/mol. The summed E-state index contributed by atoms with van der Waals surface area (Å²) in [4.78, 5) is 10.6. The number of halogens is 2. The van der Waals surface area contributed by atoms with Gasteiger partial charge in [0, 0.05) is 17.0 Å². The molecular formula is C24H20ClFN6S. The van der Waals surface area contributed by atoms with Crippen LogP contribution in [0.25, 0.3) is 22.3 Å². The Hall–Kier alpha value is -3.49. The van der Waals surface area contributed by atoms with E-state index in [0.717, 1.165) is 12.0 Å². The van der Waals surface area contributed by atoms with Crippen LogP contribution < -0.4 is 11.1 Å². The molecule has 166 valence electrons. The number of benzene rings is 2. The van der Waals surface area contributed by atoms with Crippen molar-refractivity contribution >= 4 is 45.7 Å². The van der Waals surface area contributed by atoms with Crippen LogP contribution in [0.4, 0.5) is 16.2 Å². The van der Waals surface area contributed by atoms with E-state index in [1.807, 2.05) is 36.4 Å². The van der Waals surface area contributed by atoms with Gasteiger partial charge in [0.15, 0.2) is 5.65 Å². The van der Waals surface area contributed by atoms with Crippen LogP contribution in [0.5, 0.6) is 0 Å². The maximum Gasteiger partial charge on any atom is 0.225 e. The van der Waals surface area contributed by atoms with Gasteiger partial charge in [-0.15, -0.1) is 16.4 Å². The second kappa shape index (κ2) is 9.17. The summed E-state index contributed by atoms with van der Waals surface area (Å²) < 4.78 is 15.5. The predicted octanol–water partition coefficient (Wildman–Crippen LogP) is 5.63. The number of fused-ring (bicyclic) bond motifs is 1. The first-order chi connectivity index (χ1) is 16.1. The third kappa shape index (κ3) is 4.53. The topological polar surface area (TPSA) is 81.7 Å². The molecule has 2 aromatic carbocycles. The van der Waals surface area contributed by atoms with Crippen molar-refractivity contribution in [3.63, 3.8) is 0 Å². The monoisotopic (exact) mass is 478 g/mol. The molecule has 5 rings (SSSR count). The van der Waals surface area contributed by atoms with E-state index in [1.54, 1.807) is 28.2 Å². The standard InChI is InChI=1S/C24H20ClFN6S/c25-18-13-16(8-9-19(18)26)21-20-22(27)32(14-15-5-2-1-3-6-15)31-23(20)30-24(29-21)28-11-10-17-7-4-12-33-17/h1-9,12-13H,10-11,14,27H2,(H,28,30,31). The average Bonchev–Trinajstić information content (AvgIpc) is 3.44. The Morgan fingerprint density at radius 2 is 1.91 bits per heavy atom. The van der Waals surface area contributed by atoms with Crippen molar-refractivity contribution in [3.05, 3.63) is 87.3 Å². The Morgan fingerprint density at radius 1 is 1.06 bits per heavy atom. The number of nitrogens with zero attached hydrogens (tertiary/aromatic N) is 4. The smallest absolute Gasteiger partial charge is 0.225 e. The van der Waals surface area contributed by atoms with E-state index >= 15 is 0 Å². The van der Waals surface area contributed by atoms with Crippen LogP contribution in [0.2, 0.25) is 5.02 Å². The normalized spacial score (nSPS) is 11.2. The molecule has 0 saturated heterocycles. The molecular weight excluding hydrogens is 459 g/mol. The number of hydrogen-bond donors (Lipinski definition) is 2. The number of aromatic nitrogens is 4. The summed E-state index contributed by atoms with van der Waals surface area (Å²) in [6.07, 6.45) is 0.849. The highest BCUT2D eigenvalue weighted by molar-refractivity contribution is 7.09. The minimum absolute atomic E-state index is 0.0155. The number of nitrogens with one attached hydrogen (secondary N) is 1.